The highest BCUT2D eigenvalue weighted by Crippen LogP contribution is 2.32. The maximum Gasteiger partial charge on any atom is 0.435 e. The van der Waals surface area contributed by atoms with E-state index >= 15 is 0 Å². The largest absolute Gasteiger partial charge is 0.435 e. The molecule has 37 heavy (non-hydrogen) atoms. The zero-order valence-electron chi connectivity index (χ0n) is 22.0. The van der Waals surface area contributed by atoms with Crippen LogP contribution in [0.1, 0.15) is 68.1 Å². The molecule has 208 valence electrons. The summed E-state index contributed by atoms with van der Waals surface area (Å²) in [6.45, 7) is 6.19. The minimum atomic E-state index is -4.84. The van der Waals surface area contributed by atoms with Gasteiger partial charge in [0.1, 0.15) is 10.6 Å². The Kier molecular flexibility index (Phi) is 11.0. The van der Waals surface area contributed by atoms with Crippen LogP contribution in [0.5, 0.6) is 0 Å². The summed E-state index contributed by atoms with van der Waals surface area (Å²) in [4.78, 5) is 12.5. The molecule has 0 bridgehead atoms. The van der Waals surface area contributed by atoms with Crippen LogP contribution < -0.4 is 5.32 Å². The summed E-state index contributed by atoms with van der Waals surface area (Å²) in [5.41, 5.74) is -2.03. The van der Waals surface area contributed by atoms with Crippen molar-refractivity contribution >= 4 is 27.1 Å². The number of hydrogen-bond acceptors (Lipinski definition) is 6. The first kappa shape index (κ1) is 32.2. The van der Waals surface area contributed by atoms with Crippen molar-refractivity contribution in [3.8, 4) is 0 Å². The van der Waals surface area contributed by atoms with Crippen molar-refractivity contribution in [3.63, 3.8) is 0 Å². The van der Waals surface area contributed by atoms with E-state index in [1.807, 2.05) is 6.92 Å². The molecule has 1 atom stereocenters. The van der Waals surface area contributed by atoms with Crippen molar-refractivity contribution < 1.29 is 35.5 Å². The van der Waals surface area contributed by atoms with Gasteiger partial charge in [-0.25, -0.2) is 12.8 Å². The lowest BCUT2D eigenvalue weighted by Gasteiger charge is -2.27. The van der Waals surface area contributed by atoms with Crippen molar-refractivity contribution in [2.75, 3.05) is 25.3 Å². The van der Waals surface area contributed by atoms with Crippen LogP contribution >= 0.6 is 0 Å². The predicted octanol–water partition coefficient (Wildman–Crippen LogP) is 5.21. The molecule has 1 amide bonds. The number of rotatable bonds is 9. The number of nitrogens with zero attached hydrogens (tertiary/aromatic N) is 2. The van der Waals surface area contributed by atoms with Gasteiger partial charge in [-0.3, -0.25) is 9.48 Å². The van der Waals surface area contributed by atoms with Gasteiger partial charge in [0.15, 0.2) is 15.5 Å². The summed E-state index contributed by atoms with van der Waals surface area (Å²) >= 11 is 0. The van der Waals surface area contributed by atoms with Gasteiger partial charge < -0.3 is 15.5 Å². The van der Waals surface area contributed by atoms with E-state index in [1.165, 1.54) is 40.0 Å². The first-order chi connectivity index (χ1) is 16.9. The molecule has 8 nitrogen and oxygen atoms in total. The lowest BCUT2D eigenvalue weighted by Crippen LogP contribution is -2.42. The third-order valence-electron chi connectivity index (χ3n) is 5.60. The second-order valence-corrected chi connectivity index (χ2v) is 11.7. The third kappa shape index (κ3) is 8.09. The van der Waals surface area contributed by atoms with Crippen molar-refractivity contribution in [1.82, 2.24) is 9.78 Å². The smallest absolute Gasteiger partial charge is 0.388 e. The molecular formula is C24H34F4N4O4S. The van der Waals surface area contributed by atoms with Gasteiger partial charge in [0.25, 0.3) is 5.91 Å². The van der Waals surface area contributed by atoms with E-state index in [-0.39, 0.29) is 17.0 Å². The van der Waals surface area contributed by atoms with E-state index in [0.717, 1.165) is 16.9 Å². The quantitative estimate of drug-likeness (QED) is 0.329. The van der Waals surface area contributed by atoms with Gasteiger partial charge >= 0.3 is 6.18 Å². The van der Waals surface area contributed by atoms with Crippen LogP contribution in [0.25, 0.3) is 0 Å². The van der Waals surface area contributed by atoms with Gasteiger partial charge in [0.05, 0.1) is 11.3 Å². The standard InChI is InChI=1S/C22H28F4N4O3S.C2H6O/c1-6-7-18(27)21(3,4)34(32,33)12-13(2)15-10-14(8-9-17(15)23)28-20(31)16-11-30(5)29-19(16)22(24,25)26;1-3-2/h8-11,13,27H,6-7,12H2,1-5H3,(H,28,31);1-2H3/t13-;/m0./s1. The highest BCUT2D eigenvalue weighted by molar-refractivity contribution is 7.93. The Morgan fingerprint density at radius 3 is 2.32 bits per heavy atom. The van der Waals surface area contributed by atoms with E-state index in [1.54, 1.807) is 14.2 Å². The number of methoxy groups -OCH3 is 1. The number of sulfone groups is 1. The Bertz CT molecular complexity index is 1210. The van der Waals surface area contributed by atoms with Gasteiger partial charge in [0, 0.05) is 38.9 Å². The molecule has 2 aromatic rings. The number of anilines is 1. The number of nitrogens with one attached hydrogen (secondary N) is 2. The number of carbonyl (C=O) groups is 1. The first-order valence-corrected chi connectivity index (χ1v) is 13.0. The van der Waals surface area contributed by atoms with E-state index in [4.69, 9.17) is 5.41 Å². The number of alkyl halides is 3. The van der Waals surface area contributed by atoms with Crippen LogP contribution in [0.2, 0.25) is 0 Å². The molecular weight excluding hydrogens is 516 g/mol. The van der Waals surface area contributed by atoms with Crippen LogP contribution in [0.4, 0.5) is 23.2 Å². The number of benzene rings is 1. The fourth-order valence-corrected chi connectivity index (χ4v) is 5.16. The maximum absolute atomic E-state index is 14.5. The molecule has 0 saturated heterocycles. The highest BCUT2D eigenvalue weighted by atomic mass is 32.2. The topological polar surface area (TPSA) is 114 Å². The number of aromatic nitrogens is 2. The van der Waals surface area contributed by atoms with Gasteiger partial charge in [-0.05, 0) is 49.9 Å². The van der Waals surface area contributed by atoms with Crippen molar-refractivity contribution in [2.24, 2.45) is 7.05 Å². The number of carbonyl (C=O) groups excluding carboxylic acids is 1. The molecule has 0 fully saturated rings. The summed E-state index contributed by atoms with van der Waals surface area (Å²) in [7, 11) is 0.634. The molecule has 0 unspecified atom stereocenters. The number of aryl methyl sites for hydroxylation is 1. The Hall–Kier alpha value is -2.80. The second kappa shape index (κ2) is 12.6. The summed E-state index contributed by atoms with van der Waals surface area (Å²) in [6, 6.07) is 3.37. The number of ether oxygens (including phenoxy) is 1. The molecule has 0 radical (unpaired) electrons. The van der Waals surface area contributed by atoms with Gasteiger partial charge in [-0.1, -0.05) is 20.3 Å². The second-order valence-electron chi connectivity index (χ2n) is 9.08. The lowest BCUT2D eigenvalue weighted by molar-refractivity contribution is -0.141. The molecule has 0 saturated carbocycles. The molecule has 0 aliphatic carbocycles. The highest BCUT2D eigenvalue weighted by Gasteiger charge is 2.40. The molecule has 1 heterocycles. The zero-order chi connectivity index (χ0) is 28.8. The van der Waals surface area contributed by atoms with Crippen LogP contribution in [0.15, 0.2) is 24.4 Å². The maximum atomic E-state index is 14.5. The van der Waals surface area contributed by atoms with Crippen molar-refractivity contribution in [2.45, 2.75) is 57.4 Å². The first-order valence-electron chi connectivity index (χ1n) is 11.3. The van der Waals surface area contributed by atoms with E-state index in [2.05, 4.69) is 15.2 Å². The molecule has 0 spiro atoms. The Morgan fingerprint density at radius 1 is 1.24 bits per heavy atom. The molecule has 2 rings (SSSR count). The number of amides is 1. The zero-order valence-corrected chi connectivity index (χ0v) is 22.8. The molecule has 1 aromatic carbocycles. The minimum absolute atomic E-state index is 0.000566. The van der Waals surface area contributed by atoms with E-state index < -0.39 is 55.4 Å². The van der Waals surface area contributed by atoms with Gasteiger partial charge in [0.2, 0.25) is 0 Å². The molecule has 13 heteroatoms. The molecule has 2 N–H and O–H groups in total. The van der Waals surface area contributed by atoms with E-state index in [0.29, 0.717) is 12.8 Å². The Balaban J connectivity index is 0.00000217. The van der Waals surface area contributed by atoms with Crippen LogP contribution in [-0.4, -0.2) is 54.5 Å². The molecule has 0 aliphatic heterocycles. The summed E-state index contributed by atoms with van der Waals surface area (Å²) in [6.07, 6.45) is -3.00. The average Bonchev–Trinajstić information content (AvgIpc) is 3.18. The average molecular weight is 551 g/mol. The monoisotopic (exact) mass is 550 g/mol. The van der Waals surface area contributed by atoms with Crippen LogP contribution in [-0.2, 0) is 27.8 Å². The fourth-order valence-electron chi connectivity index (χ4n) is 3.43. The molecule has 1 aromatic heterocycles. The summed E-state index contributed by atoms with van der Waals surface area (Å²) in [5, 5.41) is 13.7. The van der Waals surface area contributed by atoms with Crippen molar-refractivity contribution in [1.29, 1.82) is 5.41 Å². The number of halogens is 4. The summed E-state index contributed by atoms with van der Waals surface area (Å²) in [5.74, 6) is -3.12. The van der Waals surface area contributed by atoms with Crippen LogP contribution in [0.3, 0.4) is 0 Å². The van der Waals surface area contributed by atoms with E-state index in [9.17, 15) is 30.8 Å². The fraction of sp³-hybridized carbons (Fsp3) is 0.542. The Morgan fingerprint density at radius 2 is 1.81 bits per heavy atom. The van der Waals surface area contributed by atoms with Crippen LogP contribution in [0, 0.1) is 11.2 Å². The lowest BCUT2D eigenvalue weighted by atomic mass is 10.0. The normalized spacial score (nSPS) is 12.9. The minimum Gasteiger partial charge on any atom is -0.388 e. The molecule has 0 aliphatic rings. The SMILES string of the molecule is CCCC(=N)C(C)(C)S(=O)(=O)C[C@H](C)c1cc(NC(=O)c2cn(C)nc2C(F)(F)F)ccc1F.COC. The van der Waals surface area contributed by atoms with Gasteiger partial charge in [-0.15, -0.1) is 0 Å². The van der Waals surface area contributed by atoms with Crippen molar-refractivity contribution in [3.05, 3.63) is 47.0 Å². The third-order valence-corrected chi connectivity index (χ3v) is 8.34. The summed E-state index contributed by atoms with van der Waals surface area (Å²) < 4.78 is 83.7. The van der Waals surface area contributed by atoms with Gasteiger partial charge in [-0.2, -0.15) is 18.3 Å². The number of hydrogen-bond donors (Lipinski definition) is 2. The Labute approximate surface area is 214 Å². The predicted molar refractivity (Wildman–Crippen MR) is 134 cm³/mol.